The zero-order chi connectivity index (χ0) is 25.5. The summed E-state index contributed by atoms with van der Waals surface area (Å²) in [6, 6.07) is 0. The Balaban J connectivity index is 1.53. The Morgan fingerprint density at radius 2 is 1.94 bits per heavy atom. The molecule has 194 valence electrons. The van der Waals surface area contributed by atoms with Gasteiger partial charge in [0, 0.05) is 37.9 Å². The van der Waals surface area contributed by atoms with Gasteiger partial charge < -0.3 is 9.47 Å². The Bertz CT molecular complexity index is 1340. The maximum atomic E-state index is 13.6. The molecule has 3 aromatic heterocycles. The molecule has 5 rings (SSSR count). The second kappa shape index (κ2) is 9.69. The van der Waals surface area contributed by atoms with E-state index in [1.165, 1.54) is 26.4 Å². The van der Waals surface area contributed by atoms with Crippen LogP contribution in [0.25, 0.3) is 11.5 Å². The van der Waals surface area contributed by atoms with Gasteiger partial charge in [0.15, 0.2) is 11.6 Å². The van der Waals surface area contributed by atoms with Crippen LogP contribution >= 0.6 is 11.6 Å². The van der Waals surface area contributed by atoms with Crippen LogP contribution in [-0.4, -0.2) is 69.4 Å². The molecule has 0 spiro atoms. The highest BCUT2D eigenvalue weighted by molar-refractivity contribution is 7.93. The molecular weight excluding hydrogens is 508 g/mol. The smallest absolute Gasteiger partial charge is 0.240 e. The molecule has 2 N–H and O–H groups in total. The quantitative estimate of drug-likeness (QED) is 0.398. The molecule has 0 radical (unpaired) electrons. The lowest BCUT2D eigenvalue weighted by Crippen LogP contribution is -2.46. The van der Waals surface area contributed by atoms with Crippen LogP contribution in [0.15, 0.2) is 12.4 Å². The van der Waals surface area contributed by atoms with Crippen LogP contribution in [0, 0.1) is 0 Å². The van der Waals surface area contributed by atoms with Crippen LogP contribution < -0.4 is 4.72 Å². The number of hydrogen-bond donors (Lipinski definition) is 2. The molecule has 0 amide bonds. The molecule has 0 aromatic carbocycles. The lowest BCUT2D eigenvalue weighted by molar-refractivity contribution is 0.0299. The summed E-state index contributed by atoms with van der Waals surface area (Å²) in [7, 11) is -0.964. The van der Waals surface area contributed by atoms with E-state index in [0.29, 0.717) is 23.1 Å². The fourth-order valence-electron chi connectivity index (χ4n) is 5.10. The van der Waals surface area contributed by atoms with E-state index in [0.717, 1.165) is 49.8 Å². The number of fused-ring (bicyclic) bond motifs is 1. The summed E-state index contributed by atoms with van der Waals surface area (Å²) >= 11 is 5.89. The highest BCUT2D eigenvalue weighted by Crippen LogP contribution is 2.44. The van der Waals surface area contributed by atoms with E-state index < -0.39 is 26.9 Å². The molecule has 0 unspecified atom stereocenters. The number of methoxy groups -OCH3 is 2. The van der Waals surface area contributed by atoms with E-state index in [-0.39, 0.29) is 11.8 Å². The van der Waals surface area contributed by atoms with Gasteiger partial charge in [-0.1, -0.05) is 11.6 Å². The van der Waals surface area contributed by atoms with Crippen molar-refractivity contribution in [2.24, 2.45) is 0 Å². The first-order valence-corrected chi connectivity index (χ1v) is 13.8. The summed E-state index contributed by atoms with van der Waals surface area (Å²) in [5, 5.41) is 15.6. The zero-order valence-corrected chi connectivity index (χ0v) is 21.9. The minimum absolute atomic E-state index is 0.121. The minimum atomic E-state index is -4.01. The largest absolute Gasteiger partial charge is 0.382 e. The molecule has 0 aliphatic heterocycles. The maximum Gasteiger partial charge on any atom is 0.240 e. The number of aryl methyl sites for hydroxylation is 1. The first-order valence-electron chi connectivity index (χ1n) is 11.8. The van der Waals surface area contributed by atoms with Crippen molar-refractivity contribution in [2.75, 3.05) is 25.5 Å². The van der Waals surface area contributed by atoms with Gasteiger partial charge in [0.1, 0.15) is 17.0 Å². The molecule has 0 saturated heterocycles. The third-order valence-electron chi connectivity index (χ3n) is 7.15. The van der Waals surface area contributed by atoms with Crippen LogP contribution in [-0.2, 0) is 37.9 Å². The van der Waals surface area contributed by atoms with Gasteiger partial charge in [0.05, 0.1) is 17.2 Å². The van der Waals surface area contributed by atoms with E-state index >= 15 is 0 Å². The molecule has 0 bridgehead atoms. The number of H-pyrrole nitrogens is 1. The Morgan fingerprint density at radius 1 is 1.19 bits per heavy atom. The SMILES string of the molecule is COCC1(n2c(NS(=O)(=O)[C@@H](C)[C@H](OC)c3ncc(Cl)cn3)nnc2-c2n[nH]c3c2CCC3)CCC1. The van der Waals surface area contributed by atoms with Crippen LogP contribution in [0.1, 0.15) is 55.8 Å². The lowest BCUT2D eigenvalue weighted by atomic mass is 9.77. The number of aromatic nitrogens is 7. The second-order valence-corrected chi connectivity index (χ2v) is 11.8. The van der Waals surface area contributed by atoms with E-state index in [1.54, 1.807) is 7.11 Å². The molecule has 2 atom stereocenters. The Kier molecular flexibility index (Phi) is 6.74. The predicted molar refractivity (Wildman–Crippen MR) is 132 cm³/mol. The Morgan fingerprint density at radius 3 is 2.58 bits per heavy atom. The third kappa shape index (κ3) is 4.27. The summed E-state index contributed by atoms with van der Waals surface area (Å²) in [5.41, 5.74) is 2.44. The van der Waals surface area contributed by atoms with Gasteiger partial charge in [-0.15, -0.1) is 10.2 Å². The summed E-state index contributed by atoms with van der Waals surface area (Å²) < 4.78 is 42.7. The number of nitrogens with zero attached hydrogens (tertiary/aromatic N) is 6. The number of ether oxygens (including phenoxy) is 2. The number of anilines is 1. The van der Waals surface area contributed by atoms with Gasteiger partial charge in [0.2, 0.25) is 16.0 Å². The van der Waals surface area contributed by atoms with Crippen molar-refractivity contribution in [1.29, 1.82) is 0 Å². The average molecular weight is 537 g/mol. The molecular formula is C22H29ClN8O4S. The molecule has 3 aromatic rings. The van der Waals surface area contributed by atoms with Gasteiger partial charge in [-0.2, -0.15) is 5.10 Å². The van der Waals surface area contributed by atoms with E-state index in [1.807, 2.05) is 4.57 Å². The third-order valence-corrected chi connectivity index (χ3v) is 9.04. The minimum Gasteiger partial charge on any atom is -0.382 e. The van der Waals surface area contributed by atoms with Crippen molar-refractivity contribution in [2.45, 2.75) is 62.3 Å². The zero-order valence-electron chi connectivity index (χ0n) is 20.4. The maximum absolute atomic E-state index is 13.6. The fourth-order valence-corrected chi connectivity index (χ4v) is 6.33. The summed E-state index contributed by atoms with van der Waals surface area (Å²) in [4.78, 5) is 8.29. The molecule has 14 heteroatoms. The predicted octanol–water partition coefficient (Wildman–Crippen LogP) is 2.64. The summed E-state index contributed by atoms with van der Waals surface area (Å²) in [6.45, 7) is 1.93. The highest BCUT2D eigenvalue weighted by atomic mass is 35.5. The number of nitrogens with one attached hydrogen (secondary N) is 2. The van der Waals surface area contributed by atoms with E-state index in [2.05, 4.69) is 35.1 Å². The first kappa shape index (κ1) is 25.1. The topological polar surface area (TPSA) is 150 Å². The molecule has 2 aliphatic rings. The summed E-state index contributed by atoms with van der Waals surface area (Å²) in [6.07, 6.45) is 7.34. The van der Waals surface area contributed by atoms with Crippen molar-refractivity contribution in [3.63, 3.8) is 0 Å². The van der Waals surface area contributed by atoms with Crippen molar-refractivity contribution in [3.05, 3.63) is 34.5 Å². The van der Waals surface area contributed by atoms with Crippen molar-refractivity contribution in [3.8, 4) is 11.5 Å². The summed E-state index contributed by atoms with van der Waals surface area (Å²) in [5.74, 6) is 0.861. The molecule has 36 heavy (non-hydrogen) atoms. The van der Waals surface area contributed by atoms with Gasteiger partial charge in [0.25, 0.3) is 0 Å². The van der Waals surface area contributed by atoms with Crippen molar-refractivity contribution < 1.29 is 17.9 Å². The fraction of sp³-hybridized carbons (Fsp3) is 0.591. The van der Waals surface area contributed by atoms with Crippen LogP contribution in [0.5, 0.6) is 0 Å². The van der Waals surface area contributed by atoms with Gasteiger partial charge in [-0.3, -0.25) is 14.4 Å². The van der Waals surface area contributed by atoms with Gasteiger partial charge in [-0.25, -0.2) is 18.4 Å². The monoisotopic (exact) mass is 536 g/mol. The van der Waals surface area contributed by atoms with Crippen LogP contribution in [0.4, 0.5) is 5.95 Å². The highest BCUT2D eigenvalue weighted by Gasteiger charge is 2.45. The molecule has 2 aliphatic carbocycles. The average Bonchev–Trinajstić information content (AvgIpc) is 3.54. The van der Waals surface area contributed by atoms with Crippen molar-refractivity contribution in [1.82, 2.24) is 34.9 Å². The lowest BCUT2D eigenvalue weighted by Gasteiger charge is -2.43. The first-order chi connectivity index (χ1) is 17.3. The Labute approximate surface area is 214 Å². The van der Waals surface area contributed by atoms with Crippen LogP contribution in [0.2, 0.25) is 5.02 Å². The number of halogens is 1. The standard InChI is InChI=1S/C22H29ClN8O4S/c1-13(18(35-3)19-24-10-14(23)11-25-19)36(32,33)30-21-29-28-20(17-15-6-4-7-16(15)26-27-17)31(21)22(12-34-2)8-5-9-22/h10-11,13,18H,4-9,12H2,1-3H3,(H,26,27)(H,29,30)/t13-,18-/m0/s1. The van der Waals surface area contributed by atoms with Gasteiger partial charge in [-0.05, 0) is 45.4 Å². The molecule has 12 nitrogen and oxygen atoms in total. The number of hydrogen-bond acceptors (Lipinski definition) is 9. The van der Waals surface area contributed by atoms with Crippen LogP contribution in [0.3, 0.4) is 0 Å². The molecule has 1 saturated carbocycles. The van der Waals surface area contributed by atoms with E-state index in [4.69, 9.17) is 21.1 Å². The second-order valence-electron chi connectivity index (χ2n) is 9.34. The Hall–Kier alpha value is -2.61. The number of rotatable bonds is 10. The van der Waals surface area contributed by atoms with E-state index in [9.17, 15) is 8.42 Å². The molecule has 3 heterocycles. The normalized spacial score (nSPS) is 18.4. The van der Waals surface area contributed by atoms with Gasteiger partial charge >= 0.3 is 0 Å². The van der Waals surface area contributed by atoms with Crippen molar-refractivity contribution >= 4 is 27.6 Å². The molecule has 1 fully saturated rings. The number of sulfonamides is 1. The number of aromatic amines is 1.